The second-order valence-corrected chi connectivity index (χ2v) is 13.3. The summed E-state index contributed by atoms with van der Waals surface area (Å²) in [5.41, 5.74) is 0.829. The van der Waals surface area contributed by atoms with Crippen molar-refractivity contribution in [2.24, 2.45) is 0 Å². The molecule has 0 N–H and O–H groups in total. The monoisotopic (exact) mass is 570 g/mol. The summed E-state index contributed by atoms with van der Waals surface area (Å²) < 4.78 is 30.3. The van der Waals surface area contributed by atoms with Gasteiger partial charge in [0, 0.05) is 17.6 Å². The highest BCUT2D eigenvalue weighted by molar-refractivity contribution is 9.10. The number of carbonyl (C=O) groups excluding carboxylic acids is 1. The standard InChI is InChI=1S/C22H27BrN4O3S3/c1-25(2)11-6-12-26(22-24-17-10-9-16(23)15-19(17)32-22)21(28)18-7-3-4-13-27(18)33(29,30)20-8-5-14-31-20/h5,8-10,14-15,18H,3-4,6-7,11-13H2,1-2H3. The number of thiophene rings is 1. The molecule has 1 saturated heterocycles. The quantitative estimate of drug-likeness (QED) is 0.394. The van der Waals surface area contributed by atoms with Gasteiger partial charge < -0.3 is 4.90 Å². The molecule has 1 atom stereocenters. The summed E-state index contributed by atoms with van der Waals surface area (Å²) in [7, 11) is 0.276. The minimum Gasteiger partial charge on any atom is -0.309 e. The van der Waals surface area contributed by atoms with Crippen LogP contribution in [0.4, 0.5) is 5.13 Å². The van der Waals surface area contributed by atoms with E-state index in [4.69, 9.17) is 4.98 Å². The van der Waals surface area contributed by atoms with Crippen LogP contribution in [0.25, 0.3) is 10.2 Å². The molecule has 0 aliphatic carbocycles. The van der Waals surface area contributed by atoms with E-state index in [1.807, 2.05) is 32.3 Å². The van der Waals surface area contributed by atoms with Crippen molar-refractivity contribution >= 4 is 69.9 Å². The molecule has 178 valence electrons. The van der Waals surface area contributed by atoms with Gasteiger partial charge in [-0.25, -0.2) is 13.4 Å². The Bertz CT molecular complexity index is 1210. The summed E-state index contributed by atoms with van der Waals surface area (Å²) in [6.45, 7) is 1.67. The third-order valence-electron chi connectivity index (χ3n) is 5.62. The number of carbonyl (C=O) groups is 1. The van der Waals surface area contributed by atoms with Crippen molar-refractivity contribution in [2.75, 3.05) is 38.6 Å². The van der Waals surface area contributed by atoms with Crippen LogP contribution in [0.5, 0.6) is 0 Å². The van der Waals surface area contributed by atoms with E-state index in [-0.39, 0.29) is 10.1 Å². The Morgan fingerprint density at radius 3 is 2.79 bits per heavy atom. The number of halogens is 1. The second-order valence-electron chi connectivity index (χ2n) is 8.31. The molecule has 1 aromatic carbocycles. The van der Waals surface area contributed by atoms with E-state index < -0.39 is 16.1 Å². The number of hydrogen-bond acceptors (Lipinski definition) is 7. The Balaban J connectivity index is 1.67. The van der Waals surface area contributed by atoms with Crippen molar-refractivity contribution in [1.29, 1.82) is 0 Å². The van der Waals surface area contributed by atoms with Crippen LogP contribution in [0.1, 0.15) is 25.7 Å². The van der Waals surface area contributed by atoms with Gasteiger partial charge in [0.15, 0.2) is 5.13 Å². The maximum absolute atomic E-state index is 13.9. The number of rotatable bonds is 8. The number of sulfonamides is 1. The first-order valence-electron chi connectivity index (χ1n) is 10.8. The zero-order chi connectivity index (χ0) is 23.6. The number of anilines is 1. The minimum atomic E-state index is -3.72. The normalized spacial score (nSPS) is 17.6. The van der Waals surface area contributed by atoms with Crippen LogP contribution in [0, 0.1) is 0 Å². The van der Waals surface area contributed by atoms with Crippen LogP contribution in [0.3, 0.4) is 0 Å². The van der Waals surface area contributed by atoms with E-state index in [0.29, 0.717) is 24.6 Å². The Morgan fingerprint density at radius 2 is 2.06 bits per heavy atom. The number of amides is 1. The molecule has 0 bridgehead atoms. The molecule has 7 nitrogen and oxygen atoms in total. The number of hydrogen-bond donors (Lipinski definition) is 0. The second kappa shape index (κ2) is 10.5. The van der Waals surface area contributed by atoms with E-state index in [2.05, 4.69) is 20.8 Å². The van der Waals surface area contributed by atoms with Crippen LogP contribution < -0.4 is 4.90 Å². The van der Waals surface area contributed by atoms with Crippen molar-refractivity contribution in [2.45, 2.75) is 35.9 Å². The number of benzene rings is 1. The zero-order valence-electron chi connectivity index (χ0n) is 18.6. The van der Waals surface area contributed by atoms with Gasteiger partial charge in [0.1, 0.15) is 10.3 Å². The van der Waals surface area contributed by atoms with E-state index in [1.54, 1.807) is 22.4 Å². The molecule has 1 amide bonds. The van der Waals surface area contributed by atoms with Gasteiger partial charge in [0.25, 0.3) is 10.0 Å². The fourth-order valence-electron chi connectivity index (χ4n) is 3.99. The van der Waals surface area contributed by atoms with Crippen molar-refractivity contribution in [3.05, 3.63) is 40.2 Å². The first-order chi connectivity index (χ1) is 15.8. The van der Waals surface area contributed by atoms with Gasteiger partial charge in [0.2, 0.25) is 5.91 Å². The average Bonchev–Trinajstić information content (AvgIpc) is 3.46. The highest BCUT2D eigenvalue weighted by Crippen LogP contribution is 2.34. The van der Waals surface area contributed by atoms with Crippen LogP contribution in [-0.4, -0.2) is 68.3 Å². The lowest BCUT2D eigenvalue weighted by atomic mass is 10.0. The summed E-state index contributed by atoms with van der Waals surface area (Å²) in [5.74, 6) is -0.188. The number of fused-ring (bicyclic) bond motifs is 1. The van der Waals surface area contributed by atoms with Gasteiger partial charge in [-0.2, -0.15) is 4.31 Å². The van der Waals surface area contributed by atoms with Gasteiger partial charge in [-0.05, 0) is 69.5 Å². The molecule has 33 heavy (non-hydrogen) atoms. The number of aromatic nitrogens is 1. The highest BCUT2D eigenvalue weighted by atomic mass is 79.9. The summed E-state index contributed by atoms with van der Waals surface area (Å²) in [6, 6.07) is 8.47. The predicted octanol–water partition coefficient (Wildman–Crippen LogP) is 4.65. The summed E-state index contributed by atoms with van der Waals surface area (Å²) in [4.78, 5) is 22.4. The fourth-order valence-corrected chi connectivity index (χ4v) is 8.31. The highest BCUT2D eigenvalue weighted by Gasteiger charge is 2.40. The Morgan fingerprint density at radius 1 is 1.24 bits per heavy atom. The molecule has 3 heterocycles. The van der Waals surface area contributed by atoms with E-state index in [9.17, 15) is 13.2 Å². The molecule has 1 unspecified atom stereocenters. The average molecular weight is 572 g/mol. The van der Waals surface area contributed by atoms with Gasteiger partial charge in [-0.15, -0.1) is 11.3 Å². The Kier molecular flexibility index (Phi) is 7.87. The van der Waals surface area contributed by atoms with Gasteiger partial charge >= 0.3 is 0 Å². The van der Waals surface area contributed by atoms with E-state index >= 15 is 0 Å². The molecule has 1 aliphatic rings. The third-order valence-corrected chi connectivity index (χ3v) is 10.4. The number of piperidine rings is 1. The topological polar surface area (TPSA) is 73.8 Å². The van der Waals surface area contributed by atoms with Crippen molar-refractivity contribution in [1.82, 2.24) is 14.2 Å². The molecule has 1 fully saturated rings. The van der Waals surface area contributed by atoms with Crippen molar-refractivity contribution in [3.8, 4) is 0 Å². The van der Waals surface area contributed by atoms with Crippen LogP contribution in [0.2, 0.25) is 0 Å². The smallest absolute Gasteiger partial charge is 0.253 e. The van der Waals surface area contributed by atoms with Gasteiger partial charge in [-0.1, -0.05) is 39.8 Å². The molecular weight excluding hydrogens is 544 g/mol. The molecule has 11 heteroatoms. The lowest BCUT2D eigenvalue weighted by Gasteiger charge is -2.36. The Labute approximate surface area is 211 Å². The SMILES string of the molecule is CN(C)CCCN(C(=O)C1CCCCN1S(=O)(=O)c1cccs1)c1nc2ccc(Br)cc2s1. The number of thiazole rings is 1. The molecule has 0 radical (unpaired) electrons. The minimum absolute atomic E-state index is 0.188. The third kappa shape index (κ3) is 5.49. The molecular formula is C22H27BrN4O3S3. The summed E-state index contributed by atoms with van der Waals surface area (Å²) in [5, 5.41) is 2.37. The summed E-state index contributed by atoms with van der Waals surface area (Å²) >= 11 is 6.15. The van der Waals surface area contributed by atoms with Crippen LogP contribution in [-0.2, 0) is 14.8 Å². The van der Waals surface area contributed by atoms with E-state index in [1.165, 1.54) is 27.0 Å². The Hall–Kier alpha value is -1.37. The van der Waals surface area contributed by atoms with Gasteiger partial charge in [0.05, 0.1) is 10.2 Å². The van der Waals surface area contributed by atoms with Crippen LogP contribution in [0.15, 0.2) is 44.4 Å². The van der Waals surface area contributed by atoms with Crippen LogP contribution >= 0.6 is 38.6 Å². The molecule has 4 rings (SSSR count). The van der Waals surface area contributed by atoms with Crippen molar-refractivity contribution in [3.63, 3.8) is 0 Å². The maximum Gasteiger partial charge on any atom is 0.253 e. The van der Waals surface area contributed by atoms with E-state index in [0.717, 1.165) is 40.5 Å². The fraction of sp³-hybridized carbons (Fsp3) is 0.455. The predicted molar refractivity (Wildman–Crippen MR) is 139 cm³/mol. The largest absolute Gasteiger partial charge is 0.309 e. The summed E-state index contributed by atoms with van der Waals surface area (Å²) in [6.07, 6.45) is 2.86. The lowest BCUT2D eigenvalue weighted by molar-refractivity contribution is -0.123. The maximum atomic E-state index is 13.9. The molecule has 3 aromatic rings. The first-order valence-corrected chi connectivity index (χ1v) is 14.8. The molecule has 0 spiro atoms. The zero-order valence-corrected chi connectivity index (χ0v) is 22.6. The molecule has 1 aliphatic heterocycles. The first kappa shape index (κ1) is 24.7. The number of nitrogens with zero attached hydrogens (tertiary/aromatic N) is 4. The van der Waals surface area contributed by atoms with Gasteiger partial charge in [-0.3, -0.25) is 9.69 Å². The molecule has 2 aromatic heterocycles. The molecule has 0 saturated carbocycles. The lowest BCUT2D eigenvalue weighted by Crippen LogP contribution is -2.53. The van der Waals surface area contributed by atoms with Crippen molar-refractivity contribution < 1.29 is 13.2 Å².